The van der Waals surface area contributed by atoms with Gasteiger partial charge in [-0.25, -0.2) is 0 Å². The van der Waals surface area contributed by atoms with E-state index in [0.29, 0.717) is 5.57 Å². The van der Waals surface area contributed by atoms with Crippen LogP contribution in [0.3, 0.4) is 0 Å². The summed E-state index contributed by atoms with van der Waals surface area (Å²) in [7, 11) is 0. The van der Waals surface area contributed by atoms with Crippen molar-refractivity contribution in [2.45, 2.75) is 19.1 Å². The van der Waals surface area contributed by atoms with Gasteiger partial charge in [-0.05, 0) is 6.92 Å². The third kappa shape index (κ3) is 6.18. The number of hydrogen-bond donors (Lipinski definition) is 1. The molecule has 0 aliphatic rings. The molecule has 0 aliphatic carbocycles. The molecule has 5 heteroatoms. The van der Waals surface area contributed by atoms with Crippen LogP contribution in [-0.2, 0) is 4.74 Å². The summed E-state index contributed by atoms with van der Waals surface area (Å²) in [6.45, 7) is 3.72. The molecule has 0 rings (SSSR count). The molecule has 0 aromatic carbocycles. The summed E-state index contributed by atoms with van der Waals surface area (Å²) in [4.78, 5) is 0. The predicted molar refractivity (Wildman–Crippen MR) is 39.7 cm³/mol. The number of hydrogen-bond acceptors (Lipinski definition) is 2. The standard InChI is InChI=1S/C7H12F3NO/c1-5(2)6(11)3-12-4-7(8,9)10/h6H,1,3-4,11H2,2H3. The van der Waals surface area contributed by atoms with Gasteiger partial charge in [0.25, 0.3) is 0 Å². The first-order chi connectivity index (χ1) is 5.33. The number of nitrogens with two attached hydrogens (primary N) is 1. The maximum atomic E-state index is 11.5. The Balaban J connectivity index is 3.51. The molecule has 0 heterocycles. The van der Waals surface area contributed by atoms with Crippen LogP contribution in [-0.4, -0.2) is 25.4 Å². The Hall–Kier alpha value is -0.550. The summed E-state index contributed by atoms with van der Waals surface area (Å²) in [5.41, 5.74) is 5.96. The first-order valence-electron chi connectivity index (χ1n) is 3.38. The zero-order valence-electron chi connectivity index (χ0n) is 6.82. The molecule has 0 amide bonds. The SMILES string of the molecule is C=C(C)C(N)COCC(F)(F)F. The molecule has 0 aromatic rings. The molecule has 0 bridgehead atoms. The maximum absolute atomic E-state index is 11.5. The van der Waals surface area contributed by atoms with Crippen molar-refractivity contribution in [1.29, 1.82) is 0 Å². The van der Waals surface area contributed by atoms with Crippen LogP contribution < -0.4 is 5.73 Å². The average molecular weight is 183 g/mol. The molecule has 0 fully saturated rings. The van der Waals surface area contributed by atoms with E-state index in [4.69, 9.17) is 5.73 Å². The summed E-state index contributed by atoms with van der Waals surface area (Å²) in [6, 6.07) is -0.521. The van der Waals surface area contributed by atoms with Gasteiger partial charge in [0.15, 0.2) is 0 Å². The molecule has 0 radical (unpaired) electrons. The van der Waals surface area contributed by atoms with E-state index in [2.05, 4.69) is 11.3 Å². The Bertz CT molecular complexity index is 155. The van der Waals surface area contributed by atoms with Gasteiger partial charge in [-0.3, -0.25) is 0 Å². The third-order valence-corrected chi connectivity index (χ3v) is 1.20. The van der Waals surface area contributed by atoms with Crippen molar-refractivity contribution < 1.29 is 17.9 Å². The summed E-state index contributed by atoms with van der Waals surface area (Å²) >= 11 is 0. The summed E-state index contributed by atoms with van der Waals surface area (Å²) < 4.78 is 38.9. The second kappa shape index (κ2) is 4.47. The monoisotopic (exact) mass is 183 g/mol. The van der Waals surface area contributed by atoms with Gasteiger partial charge in [-0.1, -0.05) is 12.2 Å². The van der Waals surface area contributed by atoms with Gasteiger partial charge < -0.3 is 10.5 Å². The van der Waals surface area contributed by atoms with Crippen molar-refractivity contribution in [3.8, 4) is 0 Å². The second-order valence-corrected chi connectivity index (χ2v) is 2.58. The van der Waals surface area contributed by atoms with E-state index in [1.807, 2.05) is 0 Å². The van der Waals surface area contributed by atoms with Gasteiger partial charge in [0, 0.05) is 6.04 Å². The number of halogens is 3. The quantitative estimate of drug-likeness (QED) is 0.670. The zero-order valence-corrected chi connectivity index (χ0v) is 6.82. The number of rotatable bonds is 4. The third-order valence-electron chi connectivity index (χ3n) is 1.20. The fraction of sp³-hybridized carbons (Fsp3) is 0.714. The van der Waals surface area contributed by atoms with E-state index in [1.54, 1.807) is 6.92 Å². The first kappa shape index (κ1) is 11.4. The van der Waals surface area contributed by atoms with Gasteiger partial charge in [-0.15, -0.1) is 0 Å². The molecule has 2 N–H and O–H groups in total. The molecule has 72 valence electrons. The molecule has 0 spiro atoms. The molecule has 0 saturated carbocycles. The highest BCUT2D eigenvalue weighted by atomic mass is 19.4. The molecule has 1 unspecified atom stereocenters. The summed E-state index contributed by atoms with van der Waals surface area (Å²) in [5, 5.41) is 0. The van der Waals surface area contributed by atoms with Crippen molar-refractivity contribution in [1.82, 2.24) is 0 Å². The van der Waals surface area contributed by atoms with Gasteiger partial charge in [0.1, 0.15) is 6.61 Å². The lowest BCUT2D eigenvalue weighted by Crippen LogP contribution is -2.29. The van der Waals surface area contributed by atoms with E-state index in [1.165, 1.54) is 0 Å². The Morgan fingerprint density at radius 3 is 2.42 bits per heavy atom. The Morgan fingerprint density at radius 2 is 2.08 bits per heavy atom. The predicted octanol–water partition coefficient (Wildman–Crippen LogP) is 1.47. The normalized spacial score (nSPS) is 14.4. The van der Waals surface area contributed by atoms with Crippen molar-refractivity contribution in [2.75, 3.05) is 13.2 Å². The summed E-state index contributed by atoms with van der Waals surface area (Å²) in [5.74, 6) is 0. The number of alkyl halides is 3. The lowest BCUT2D eigenvalue weighted by Gasteiger charge is -2.12. The molecule has 12 heavy (non-hydrogen) atoms. The molecule has 0 aliphatic heterocycles. The van der Waals surface area contributed by atoms with E-state index in [9.17, 15) is 13.2 Å². The Kier molecular flexibility index (Phi) is 4.26. The van der Waals surface area contributed by atoms with Crippen LogP contribution >= 0.6 is 0 Å². The zero-order chi connectivity index (χ0) is 9.78. The molecule has 1 atom stereocenters. The van der Waals surface area contributed by atoms with E-state index in [-0.39, 0.29) is 6.61 Å². The van der Waals surface area contributed by atoms with Crippen LogP contribution in [0.5, 0.6) is 0 Å². The van der Waals surface area contributed by atoms with Crippen LogP contribution in [0.15, 0.2) is 12.2 Å². The van der Waals surface area contributed by atoms with Crippen LogP contribution in [0.2, 0.25) is 0 Å². The lowest BCUT2D eigenvalue weighted by molar-refractivity contribution is -0.174. The molecule has 0 saturated heterocycles. The molecule has 0 aromatic heterocycles. The lowest BCUT2D eigenvalue weighted by atomic mass is 10.2. The summed E-state index contributed by atoms with van der Waals surface area (Å²) in [6.07, 6.45) is -4.28. The van der Waals surface area contributed by atoms with Crippen LogP contribution in [0.4, 0.5) is 13.2 Å². The van der Waals surface area contributed by atoms with Crippen LogP contribution in [0, 0.1) is 0 Å². The van der Waals surface area contributed by atoms with Crippen LogP contribution in [0.1, 0.15) is 6.92 Å². The van der Waals surface area contributed by atoms with E-state index in [0.717, 1.165) is 0 Å². The maximum Gasteiger partial charge on any atom is 0.411 e. The highest BCUT2D eigenvalue weighted by Gasteiger charge is 2.27. The fourth-order valence-corrected chi connectivity index (χ4v) is 0.444. The largest absolute Gasteiger partial charge is 0.411 e. The van der Waals surface area contributed by atoms with Crippen LogP contribution in [0.25, 0.3) is 0 Å². The van der Waals surface area contributed by atoms with Gasteiger partial charge in [-0.2, -0.15) is 13.2 Å². The number of ether oxygens (including phenoxy) is 1. The van der Waals surface area contributed by atoms with Gasteiger partial charge in [0.2, 0.25) is 0 Å². The molecule has 2 nitrogen and oxygen atoms in total. The highest BCUT2D eigenvalue weighted by Crippen LogP contribution is 2.14. The van der Waals surface area contributed by atoms with Gasteiger partial charge in [0.05, 0.1) is 6.61 Å². The smallest absolute Gasteiger partial charge is 0.370 e. The molecular weight excluding hydrogens is 171 g/mol. The highest BCUT2D eigenvalue weighted by molar-refractivity contribution is 4.99. The Morgan fingerprint density at radius 1 is 1.58 bits per heavy atom. The van der Waals surface area contributed by atoms with E-state index >= 15 is 0 Å². The minimum Gasteiger partial charge on any atom is -0.370 e. The van der Waals surface area contributed by atoms with Gasteiger partial charge >= 0.3 is 6.18 Å². The van der Waals surface area contributed by atoms with Crippen molar-refractivity contribution in [2.24, 2.45) is 5.73 Å². The van der Waals surface area contributed by atoms with Crippen molar-refractivity contribution >= 4 is 0 Å². The van der Waals surface area contributed by atoms with E-state index < -0.39 is 18.8 Å². The first-order valence-corrected chi connectivity index (χ1v) is 3.38. The average Bonchev–Trinajstić information content (AvgIpc) is 1.84. The fourth-order valence-electron chi connectivity index (χ4n) is 0.444. The van der Waals surface area contributed by atoms with Crippen molar-refractivity contribution in [3.63, 3.8) is 0 Å². The second-order valence-electron chi connectivity index (χ2n) is 2.58. The molecular formula is C7H12F3NO. The van der Waals surface area contributed by atoms with Crippen molar-refractivity contribution in [3.05, 3.63) is 12.2 Å². The minimum absolute atomic E-state index is 0.144. The topological polar surface area (TPSA) is 35.2 Å². The Labute approximate surface area is 69.2 Å². The minimum atomic E-state index is -4.28.